The van der Waals surface area contributed by atoms with Crippen LogP contribution in [-0.4, -0.2) is 15.8 Å². The summed E-state index contributed by atoms with van der Waals surface area (Å²) in [6.45, 7) is 6.50. The van der Waals surface area contributed by atoms with Gasteiger partial charge in [0.2, 0.25) is 0 Å². The highest BCUT2D eigenvalue weighted by Crippen LogP contribution is 2.25. The van der Waals surface area contributed by atoms with E-state index in [0.29, 0.717) is 0 Å². The number of benzene rings is 2. The first-order valence-corrected chi connectivity index (χ1v) is 7.58. The molecule has 22 heavy (non-hydrogen) atoms. The molecule has 0 aliphatic rings. The summed E-state index contributed by atoms with van der Waals surface area (Å²) in [4.78, 5) is 8.99. The Kier molecular flexibility index (Phi) is 3.75. The lowest BCUT2D eigenvalue weighted by Crippen LogP contribution is -2.20. The largest absolute Gasteiger partial charge is 0.325 e. The average Bonchev–Trinajstić information content (AvgIpc) is 2.90. The molecule has 0 fully saturated rings. The fourth-order valence-corrected chi connectivity index (χ4v) is 2.44. The molecule has 0 atom stereocenters. The van der Waals surface area contributed by atoms with E-state index in [9.17, 15) is 0 Å². The second-order valence-electron chi connectivity index (χ2n) is 6.27. The molecule has 0 aliphatic carbocycles. The van der Waals surface area contributed by atoms with Crippen LogP contribution in [0.4, 0.5) is 5.69 Å². The zero-order chi connectivity index (χ0) is 15.7. The molecule has 0 N–H and O–H groups in total. The van der Waals surface area contributed by atoms with Gasteiger partial charge in [-0.05, 0) is 56.7 Å². The maximum absolute atomic E-state index is 5.88. The number of aliphatic imine (C=N–C) groups is 1. The van der Waals surface area contributed by atoms with Crippen LogP contribution in [0.3, 0.4) is 0 Å². The minimum absolute atomic E-state index is 0.0167. The van der Waals surface area contributed by atoms with Gasteiger partial charge in [-0.25, -0.2) is 4.98 Å². The predicted octanol–water partition coefficient (Wildman–Crippen LogP) is 5.20. The Balaban J connectivity index is 1.91. The maximum atomic E-state index is 5.88. The summed E-state index contributed by atoms with van der Waals surface area (Å²) >= 11 is 5.88. The van der Waals surface area contributed by atoms with Crippen molar-refractivity contribution in [1.82, 2.24) is 9.55 Å². The summed E-state index contributed by atoms with van der Waals surface area (Å²) < 4.78 is 2.18. The van der Waals surface area contributed by atoms with Crippen molar-refractivity contribution < 1.29 is 0 Å². The van der Waals surface area contributed by atoms with Crippen molar-refractivity contribution in [3.05, 3.63) is 59.4 Å². The second-order valence-corrected chi connectivity index (χ2v) is 6.70. The van der Waals surface area contributed by atoms with Gasteiger partial charge in [0.25, 0.3) is 0 Å². The van der Waals surface area contributed by atoms with E-state index >= 15 is 0 Å². The van der Waals surface area contributed by atoms with E-state index in [-0.39, 0.29) is 5.54 Å². The van der Waals surface area contributed by atoms with E-state index in [0.717, 1.165) is 27.3 Å². The zero-order valence-electron chi connectivity index (χ0n) is 12.9. The number of hydrogen-bond donors (Lipinski definition) is 0. The highest BCUT2D eigenvalue weighted by molar-refractivity contribution is 6.30. The number of imidazole rings is 1. The number of aromatic nitrogens is 2. The van der Waals surface area contributed by atoms with Crippen LogP contribution in [0.25, 0.3) is 11.0 Å². The fourth-order valence-electron chi connectivity index (χ4n) is 2.31. The fraction of sp³-hybridized carbons (Fsp3) is 0.222. The lowest BCUT2D eigenvalue weighted by atomic mass is 10.1. The zero-order valence-corrected chi connectivity index (χ0v) is 13.7. The van der Waals surface area contributed by atoms with Crippen LogP contribution in [0.1, 0.15) is 26.3 Å². The van der Waals surface area contributed by atoms with Gasteiger partial charge in [-0.15, -0.1) is 0 Å². The first-order valence-electron chi connectivity index (χ1n) is 7.21. The number of rotatable bonds is 2. The van der Waals surface area contributed by atoms with Gasteiger partial charge in [0.15, 0.2) is 0 Å². The second kappa shape index (κ2) is 5.58. The standard InChI is InChI=1S/C18H18ClN3/c1-18(2,3)22-12-21-16-10-15(8-9-17(16)22)20-11-13-4-6-14(19)7-5-13/h4-12H,1-3H3. The molecule has 0 amide bonds. The summed E-state index contributed by atoms with van der Waals surface area (Å²) in [5.74, 6) is 0. The topological polar surface area (TPSA) is 30.2 Å². The Morgan fingerprint density at radius 3 is 2.50 bits per heavy atom. The van der Waals surface area contributed by atoms with Crippen LogP contribution in [-0.2, 0) is 5.54 Å². The Morgan fingerprint density at radius 2 is 1.82 bits per heavy atom. The summed E-state index contributed by atoms with van der Waals surface area (Å²) in [6, 6.07) is 13.7. The Bertz CT molecular complexity index is 824. The number of fused-ring (bicyclic) bond motifs is 1. The predicted molar refractivity (Wildman–Crippen MR) is 93.4 cm³/mol. The molecule has 3 aromatic rings. The third-order valence-corrected chi connectivity index (χ3v) is 3.74. The van der Waals surface area contributed by atoms with Gasteiger partial charge in [-0.1, -0.05) is 23.7 Å². The molecule has 0 aliphatic heterocycles. The van der Waals surface area contributed by atoms with Crippen molar-refractivity contribution >= 4 is 34.5 Å². The minimum atomic E-state index is 0.0167. The quantitative estimate of drug-likeness (QED) is 0.599. The lowest BCUT2D eigenvalue weighted by molar-refractivity contribution is 0.408. The molecule has 4 heteroatoms. The van der Waals surface area contributed by atoms with Gasteiger partial charge < -0.3 is 4.57 Å². The van der Waals surface area contributed by atoms with Crippen LogP contribution in [0.5, 0.6) is 0 Å². The Labute approximate surface area is 135 Å². The van der Waals surface area contributed by atoms with Crippen molar-refractivity contribution in [1.29, 1.82) is 0 Å². The van der Waals surface area contributed by atoms with Gasteiger partial charge in [0.05, 0.1) is 23.0 Å². The molecule has 1 heterocycles. The van der Waals surface area contributed by atoms with Gasteiger partial charge in [-0.3, -0.25) is 4.99 Å². The summed E-state index contributed by atoms with van der Waals surface area (Å²) in [6.07, 6.45) is 3.72. The van der Waals surface area contributed by atoms with E-state index in [1.165, 1.54) is 0 Å². The average molecular weight is 312 g/mol. The minimum Gasteiger partial charge on any atom is -0.325 e. The third kappa shape index (κ3) is 3.04. The van der Waals surface area contributed by atoms with Crippen LogP contribution in [0.2, 0.25) is 5.02 Å². The lowest BCUT2D eigenvalue weighted by Gasteiger charge is -2.21. The number of halogens is 1. The van der Waals surface area contributed by atoms with E-state index in [4.69, 9.17) is 11.6 Å². The third-order valence-electron chi connectivity index (χ3n) is 3.49. The molecule has 0 spiro atoms. The number of hydrogen-bond acceptors (Lipinski definition) is 2. The molecule has 0 saturated carbocycles. The van der Waals surface area contributed by atoms with E-state index in [1.54, 1.807) is 0 Å². The van der Waals surface area contributed by atoms with Crippen LogP contribution < -0.4 is 0 Å². The summed E-state index contributed by atoms with van der Waals surface area (Å²) in [5, 5.41) is 0.728. The molecule has 2 aromatic carbocycles. The normalized spacial score (nSPS) is 12.4. The van der Waals surface area contributed by atoms with Crippen molar-refractivity contribution in [2.24, 2.45) is 4.99 Å². The van der Waals surface area contributed by atoms with Crippen molar-refractivity contribution in [2.75, 3.05) is 0 Å². The molecular formula is C18H18ClN3. The number of nitrogens with zero attached hydrogens (tertiary/aromatic N) is 3. The monoisotopic (exact) mass is 311 g/mol. The Hall–Kier alpha value is -2.13. The van der Waals surface area contributed by atoms with E-state index in [1.807, 2.05) is 48.9 Å². The molecule has 0 bridgehead atoms. The molecule has 1 aromatic heterocycles. The molecule has 112 valence electrons. The first kappa shape index (κ1) is 14.8. The first-order chi connectivity index (χ1) is 10.4. The van der Waals surface area contributed by atoms with Crippen molar-refractivity contribution in [2.45, 2.75) is 26.3 Å². The maximum Gasteiger partial charge on any atom is 0.0963 e. The molecular weight excluding hydrogens is 294 g/mol. The summed E-state index contributed by atoms with van der Waals surface area (Å²) in [5.41, 5.74) is 4.01. The van der Waals surface area contributed by atoms with E-state index < -0.39 is 0 Å². The van der Waals surface area contributed by atoms with Gasteiger partial charge in [0.1, 0.15) is 0 Å². The van der Waals surface area contributed by atoms with Crippen molar-refractivity contribution in [3.8, 4) is 0 Å². The summed E-state index contributed by atoms with van der Waals surface area (Å²) in [7, 11) is 0. The molecule has 0 radical (unpaired) electrons. The highest BCUT2D eigenvalue weighted by atomic mass is 35.5. The highest BCUT2D eigenvalue weighted by Gasteiger charge is 2.15. The van der Waals surface area contributed by atoms with Crippen LogP contribution in [0.15, 0.2) is 53.8 Å². The van der Waals surface area contributed by atoms with Gasteiger partial charge in [0, 0.05) is 16.8 Å². The smallest absolute Gasteiger partial charge is 0.0963 e. The Morgan fingerprint density at radius 1 is 1.09 bits per heavy atom. The molecule has 0 unspecified atom stereocenters. The van der Waals surface area contributed by atoms with Crippen LogP contribution in [0, 0.1) is 0 Å². The van der Waals surface area contributed by atoms with Crippen molar-refractivity contribution in [3.63, 3.8) is 0 Å². The van der Waals surface area contributed by atoms with Gasteiger partial charge in [-0.2, -0.15) is 0 Å². The SMILES string of the molecule is CC(C)(C)n1cnc2cc(N=Cc3ccc(Cl)cc3)ccc21. The molecule has 3 nitrogen and oxygen atoms in total. The molecule has 0 saturated heterocycles. The molecule has 3 rings (SSSR count). The van der Waals surface area contributed by atoms with Crippen LogP contribution >= 0.6 is 11.6 Å². The van der Waals surface area contributed by atoms with Gasteiger partial charge >= 0.3 is 0 Å². The van der Waals surface area contributed by atoms with E-state index in [2.05, 4.69) is 41.4 Å².